The summed E-state index contributed by atoms with van der Waals surface area (Å²) in [6.45, 7) is 4.99. The third kappa shape index (κ3) is 5.29. The summed E-state index contributed by atoms with van der Waals surface area (Å²) in [6.07, 6.45) is -0.363. The second kappa shape index (κ2) is 8.99. The van der Waals surface area contributed by atoms with Crippen LogP contribution in [0.5, 0.6) is 0 Å². The molecule has 0 bridgehead atoms. The monoisotopic (exact) mass is 359 g/mol. The lowest BCUT2D eigenvalue weighted by atomic mass is 10.1. The fraction of sp³-hybridized carbons (Fsp3) is 0.421. The summed E-state index contributed by atoms with van der Waals surface area (Å²) >= 11 is 1.69. The third-order valence-electron chi connectivity index (χ3n) is 4.56. The quantitative estimate of drug-likeness (QED) is 0.861. The second-order valence-corrected chi connectivity index (χ2v) is 7.13. The first-order chi connectivity index (χ1) is 12.2. The van der Waals surface area contributed by atoms with Gasteiger partial charge in [0, 0.05) is 32.7 Å². The standard InChI is InChI=1S/C19H25N3O2S/c1-21-8-10-22(11-9-21)18(17-7-12-25-15-17)13-20-19(23)24-14-16-5-3-2-4-6-16/h2-7,12,15,18H,8-11,13-14H2,1H3,(H,20,23). The first-order valence-corrected chi connectivity index (χ1v) is 9.56. The van der Waals surface area contributed by atoms with Gasteiger partial charge in [-0.1, -0.05) is 30.3 Å². The van der Waals surface area contributed by atoms with Gasteiger partial charge in [-0.3, -0.25) is 4.90 Å². The van der Waals surface area contributed by atoms with Crippen LogP contribution in [0.3, 0.4) is 0 Å². The van der Waals surface area contributed by atoms with Crippen molar-refractivity contribution in [1.29, 1.82) is 0 Å². The van der Waals surface area contributed by atoms with Crippen LogP contribution < -0.4 is 5.32 Å². The Kier molecular flexibility index (Phi) is 6.44. The highest BCUT2D eigenvalue weighted by molar-refractivity contribution is 7.07. The number of hydrogen-bond acceptors (Lipinski definition) is 5. The fourth-order valence-electron chi connectivity index (χ4n) is 3.01. The lowest BCUT2D eigenvalue weighted by Gasteiger charge is -2.37. The van der Waals surface area contributed by atoms with Crippen LogP contribution in [-0.4, -0.2) is 55.7 Å². The fourth-order valence-corrected chi connectivity index (χ4v) is 3.72. The zero-order valence-corrected chi connectivity index (χ0v) is 15.4. The SMILES string of the molecule is CN1CCN(C(CNC(=O)OCc2ccccc2)c2ccsc2)CC1. The van der Waals surface area contributed by atoms with Crippen molar-refractivity contribution in [3.05, 3.63) is 58.3 Å². The topological polar surface area (TPSA) is 44.8 Å². The number of amides is 1. The molecule has 2 aromatic rings. The molecule has 3 rings (SSSR count). The molecule has 0 saturated carbocycles. The normalized spacial score (nSPS) is 17.2. The molecule has 134 valence electrons. The van der Waals surface area contributed by atoms with E-state index in [1.54, 1.807) is 11.3 Å². The van der Waals surface area contributed by atoms with Gasteiger partial charge in [0.1, 0.15) is 6.61 Å². The molecule has 6 heteroatoms. The molecule has 1 aromatic heterocycles. The van der Waals surface area contributed by atoms with Crippen LogP contribution >= 0.6 is 11.3 Å². The smallest absolute Gasteiger partial charge is 0.407 e. The number of piperazine rings is 1. The Bertz CT molecular complexity index is 640. The van der Waals surface area contributed by atoms with Gasteiger partial charge >= 0.3 is 6.09 Å². The van der Waals surface area contributed by atoms with Crippen molar-refractivity contribution in [2.75, 3.05) is 39.8 Å². The van der Waals surface area contributed by atoms with Crippen LogP contribution in [0.25, 0.3) is 0 Å². The van der Waals surface area contributed by atoms with Crippen molar-refractivity contribution in [2.45, 2.75) is 12.6 Å². The molecule has 1 atom stereocenters. The summed E-state index contributed by atoms with van der Waals surface area (Å²) in [5, 5.41) is 7.19. The Labute approximate surface area is 153 Å². The number of thiophene rings is 1. The van der Waals surface area contributed by atoms with E-state index < -0.39 is 0 Å². The maximum absolute atomic E-state index is 12.1. The van der Waals surface area contributed by atoms with Crippen LogP contribution in [0.15, 0.2) is 47.2 Å². The van der Waals surface area contributed by atoms with Crippen molar-refractivity contribution >= 4 is 17.4 Å². The number of likely N-dealkylation sites (N-methyl/N-ethyl adjacent to an activating group) is 1. The third-order valence-corrected chi connectivity index (χ3v) is 5.26. The summed E-state index contributed by atoms with van der Waals surface area (Å²) in [7, 11) is 2.15. The number of hydrogen-bond donors (Lipinski definition) is 1. The highest BCUT2D eigenvalue weighted by atomic mass is 32.1. The second-order valence-electron chi connectivity index (χ2n) is 6.35. The maximum Gasteiger partial charge on any atom is 0.407 e. The molecular formula is C19H25N3O2S. The van der Waals surface area contributed by atoms with Crippen molar-refractivity contribution < 1.29 is 9.53 Å². The molecule has 1 aliphatic heterocycles. The molecule has 0 radical (unpaired) electrons. The predicted molar refractivity (Wildman–Crippen MR) is 101 cm³/mol. The minimum absolute atomic E-state index is 0.198. The van der Waals surface area contributed by atoms with E-state index in [1.165, 1.54) is 5.56 Å². The van der Waals surface area contributed by atoms with Crippen molar-refractivity contribution in [1.82, 2.24) is 15.1 Å². The average molecular weight is 359 g/mol. The van der Waals surface area contributed by atoms with Gasteiger partial charge in [0.2, 0.25) is 0 Å². The number of alkyl carbamates (subject to hydrolysis) is 1. The van der Waals surface area contributed by atoms with Gasteiger partial charge in [0.15, 0.2) is 0 Å². The first kappa shape index (κ1) is 17.9. The van der Waals surface area contributed by atoms with Crippen LogP contribution in [0.4, 0.5) is 4.79 Å². The van der Waals surface area contributed by atoms with E-state index in [0.29, 0.717) is 13.2 Å². The van der Waals surface area contributed by atoms with E-state index in [2.05, 4.69) is 39.0 Å². The summed E-state index contributed by atoms with van der Waals surface area (Å²) in [5.74, 6) is 0. The van der Waals surface area contributed by atoms with E-state index in [-0.39, 0.29) is 12.1 Å². The first-order valence-electron chi connectivity index (χ1n) is 8.61. The van der Waals surface area contributed by atoms with E-state index in [0.717, 1.165) is 31.7 Å². The summed E-state index contributed by atoms with van der Waals surface area (Å²) in [6, 6.07) is 12.1. The molecule has 1 fully saturated rings. The van der Waals surface area contributed by atoms with Crippen LogP contribution in [0.2, 0.25) is 0 Å². The molecule has 2 heterocycles. The molecule has 1 aromatic carbocycles. The predicted octanol–water partition coefficient (Wildman–Crippen LogP) is 2.96. The Morgan fingerprint density at radius 2 is 1.96 bits per heavy atom. The van der Waals surface area contributed by atoms with E-state index >= 15 is 0 Å². The average Bonchev–Trinajstić information content (AvgIpc) is 3.17. The summed E-state index contributed by atoms with van der Waals surface area (Å²) in [5.41, 5.74) is 2.25. The van der Waals surface area contributed by atoms with Gasteiger partial charge in [-0.2, -0.15) is 11.3 Å². The Morgan fingerprint density at radius 3 is 2.64 bits per heavy atom. The molecule has 1 amide bonds. The molecular weight excluding hydrogens is 334 g/mol. The molecule has 25 heavy (non-hydrogen) atoms. The van der Waals surface area contributed by atoms with E-state index in [4.69, 9.17) is 4.74 Å². The van der Waals surface area contributed by atoms with Gasteiger partial charge < -0.3 is 15.0 Å². The Balaban J connectivity index is 1.52. The lowest BCUT2D eigenvalue weighted by molar-refractivity contribution is 0.103. The number of ether oxygens (including phenoxy) is 1. The van der Waals surface area contributed by atoms with Crippen LogP contribution in [0, 0.1) is 0 Å². The van der Waals surface area contributed by atoms with Gasteiger partial charge in [-0.05, 0) is 35.0 Å². The molecule has 1 aliphatic rings. The van der Waals surface area contributed by atoms with Crippen molar-refractivity contribution in [3.8, 4) is 0 Å². The van der Waals surface area contributed by atoms with Gasteiger partial charge in [-0.25, -0.2) is 4.79 Å². The minimum Gasteiger partial charge on any atom is -0.445 e. The number of nitrogens with zero attached hydrogens (tertiary/aromatic N) is 2. The molecule has 0 spiro atoms. The molecule has 1 unspecified atom stereocenters. The zero-order chi connectivity index (χ0) is 17.5. The molecule has 5 nitrogen and oxygen atoms in total. The van der Waals surface area contributed by atoms with Gasteiger partial charge in [-0.15, -0.1) is 0 Å². The highest BCUT2D eigenvalue weighted by Gasteiger charge is 2.24. The number of rotatable bonds is 6. The number of carbonyl (C=O) groups excluding carboxylic acids is 1. The highest BCUT2D eigenvalue weighted by Crippen LogP contribution is 2.23. The minimum atomic E-state index is -0.363. The maximum atomic E-state index is 12.1. The largest absolute Gasteiger partial charge is 0.445 e. The summed E-state index contributed by atoms with van der Waals surface area (Å²) in [4.78, 5) is 16.8. The number of carbonyl (C=O) groups is 1. The zero-order valence-electron chi connectivity index (χ0n) is 14.6. The van der Waals surface area contributed by atoms with Crippen LogP contribution in [-0.2, 0) is 11.3 Å². The van der Waals surface area contributed by atoms with Crippen molar-refractivity contribution in [3.63, 3.8) is 0 Å². The number of benzene rings is 1. The van der Waals surface area contributed by atoms with Crippen molar-refractivity contribution in [2.24, 2.45) is 0 Å². The van der Waals surface area contributed by atoms with Gasteiger partial charge in [0.05, 0.1) is 6.04 Å². The molecule has 1 saturated heterocycles. The van der Waals surface area contributed by atoms with Crippen LogP contribution in [0.1, 0.15) is 17.2 Å². The number of nitrogens with one attached hydrogen (secondary N) is 1. The Morgan fingerprint density at radius 1 is 1.20 bits per heavy atom. The molecule has 1 N–H and O–H groups in total. The lowest BCUT2D eigenvalue weighted by Crippen LogP contribution is -2.48. The van der Waals surface area contributed by atoms with E-state index in [9.17, 15) is 4.79 Å². The molecule has 0 aliphatic carbocycles. The Hall–Kier alpha value is -1.89. The summed E-state index contributed by atoms with van der Waals surface area (Å²) < 4.78 is 5.33. The van der Waals surface area contributed by atoms with E-state index in [1.807, 2.05) is 30.3 Å². The van der Waals surface area contributed by atoms with Gasteiger partial charge in [0.25, 0.3) is 0 Å².